The first-order chi connectivity index (χ1) is 14.8. The van der Waals surface area contributed by atoms with Crippen LogP contribution in [0, 0.1) is 0 Å². The molecule has 7 nitrogen and oxygen atoms in total. The van der Waals surface area contributed by atoms with Crippen molar-refractivity contribution < 1.29 is 91.8 Å². The molecule has 0 fully saturated rings. The van der Waals surface area contributed by atoms with Gasteiger partial charge in [0.1, 0.15) is 18.3 Å². The van der Waals surface area contributed by atoms with E-state index in [-0.39, 0.29) is 0 Å². The number of alkyl halides is 13. The third-order valence-corrected chi connectivity index (χ3v) is 4.06. The lowest BCUT2D eigenvalue weighted by Gasteiger charge is -2.39. The van der Waals surface area contributed by atoms with Crippen LogP contribution < -0.4 is 0 Å². The Morgan fingerprint density at radius 2 is 1.12 bits per heavy atom. The molecule has 0 bridgehead atoms. The number of halogens is 13. The zero-order chi connectivity index (χ0) is 27.7. The maximum absolute atomic E-state index is 13.5. The summed E-state index contributed by atoms with van der Waals surface area (Å²) in [4.78, 5) is 21.5. The molecular formula is C14H13F13O7. The zero-order valence-corrected chi connectivity index (χ0v) is 15.7. The molecule has 202 valence electrons. The Morgan fingerprint density at radius 1 is 0.706 bits per heavy atom. The number of hydrogen-bond acceptors (Lipinski definition) is 7. The molecule has 0 spiro atoms. The number of aliphatic hydroxyl groups excluding tert-OH is 4. The SMILES string of the molecule is O=C[C@H](O)[C@@H](O)[C@@H](O)[C@H](O)C(=O)OCCC(F)(F)C(F)(F)C(F)(F)C(F)(F)C(F)(F)C(F)(F)F. The summed E-state index contributed by atoms with van der Waals surface area (Å²) in [5.41, 5.74) is 0. The number of hydrogen-bond donors (Lipinski definition) is 4. The van der Waals surface area contributed by atoms with E-state index in [0.29, 0.717) is 0 Å². The van der Waals surface area contributed by atoms with Gasteiger partial charge in [-0.05, 0) is 0 Å². The van der Waals surface area contributed by atoms with E-state index in [0.717, 1.165) is 0 Å². The Hall–Kier alpha value is -1.93. The van der Waals surface area contributed by atoms with Gasteiger partial charge in [0.2, 0.25) is 0 Å². The first-order valence-corrected chi connectivity index (χ1v) is 8.15. The lowest BCUT2D eigenvalue weighted by Crippen LogP contribution is -2.70. The van der Waals surface area contributed by atoms with Crippen molar-refractivity contribution in [1.29, 1.82) is 0 Å². The largest absolute Gasteiger partial charge is 0.463 e. The second-order valence-corrected chi connectivity index (χ2v) is 6.47. The van der Waals surface area contributed by atoms with Gasteiger partial charge in [-0.3, -0.25) is 0 Å². The molecule has 34 heavy (non-hydrogen) atoms. The fourth-order valence-corrected chi connectivity index (χ4v) is 1.93. The highest BCUT2D eigenvalue weighted by Gasteiger charge is 2.90. The molecule has 0 aliphatic heterocycles. The van der Waals surface area contributed by atoms with Crippen LogP contribution in [0.1, 0.15) is 6.42 Å². The lowest BCUT2D eigenvalue weighted by molar-refractivity contribution is -0.440. The maximum atomic E-state index is 13.5. The van der Waals surface area contributed by atoms with Crippen LogP contribution in [0.5, 0.6) is 0 Å². The number of carbonyl (C=O) groups excluding carboxylic acids is 2. The second kappa shape index (κ2) is 9.97. The van der Waals surface area contributed by atoms with E-state index >= 15 is 0 Å². The van der Waals surface area contributed by atoms with Crippen molar-refractivity contribution in [2.24, 2.45) is 0 Å². The molecule has 0 aromatic rings. The average molecular weight is 540 g/mol. The molecule has 4 atom stereocenters. The van der Waals surface area contributed by atoms with E-state index in [4.69, 9.17) is 10.2 Å². The second-order valence-electron chi connectivity index (χ2n) is 6.47. The first-order valence-electron chi connectivity index (χ1n) is 8.15. The van der Waals surface area contributed by atoms with Crippen LogP contribution in [-0.4, -0.2) is 99.5 Å². The molecule has 0 rings (SSSR count). The van der Waals surface area contributed by atoms with E-state index in [1.54, 1.807) is 0 Å². The molecule has 0 aliphatic rings. The Balaban J connectivity index is 5.58. The topological polar surface area (TPSA) is 124 Å². The van der Waals surface area contributed by atoms with Crippen LogP contribution in [0.4, 0.5) is 57.1 Å². The Kier molecular flexibility index (Phi) is 9.41. The molecule has 0 heterocycles. The third-order valence-electron chi connectivity index (χ3n) is 4.06. The van der Waals surface area contributed by atoms with Crippen molar-refractivity contribution in [3.05, 3.63) is 0 Å². The molecular weight excluding hydrogens is 527 g/mol. The third kappa shape index (κ3) is 5.48. The number of rotatable bonds is 12. The fraction of sp³-hybridized carbons (Fsp3) is 0.857. The molecule has 0 amide bonds. The highest BCUT2D eigenvalue weighted by Crippen LogP contribution is 2.60. The van der Waals surface area contributed by atoms with E-state index < -0.39 is 85.5 Å². The lowest BCUT2D eigenvalue weighted by atomic mass is 9.93. The van der Waals surface area contributed by atoms with E-state index in [1.165, 1.54) is 0 Å². The molecule has 20 heteroatoms. The summed E-state index contributed by atoms with van der Waals surface area (Å²) in [6, 6.07) is 0. The van der Waals surface area contributed by atoms with Gasteiger partial charge < -0.3 is 30.0 Å². The van der Waals surface area contributed by atoms with Gasteiger partial charge in [-0.1, -0.05) is 0 Å². The van der Waals surface area contributed by atoms with Gasteiger partial charge in [0.25, 0.3) is 0 Å². The molecule has 0 radical (unpaired) electrons. The van der Waals surface area contributed by atoms with Crippen molar-refractivity contribution in [1.82, 2.24) is 0 Å². The van der Waals surface area contributed by atoms with Gasteiger partial charge >= 0.3 is 41.8 Å². The van der Waals surface area contributed by atoms with Gasteiger partial charge in [0, 0.05) is 0 Å². The zero-order valence-electron chi connectivity index (χ0n) is 15.7. The average Bonchev–Trinajstić information content (AvgIpc) is 2.69. The summed E-state index contributed by atoms with van der Waals surface area (Å²) in [5, 5.41) is 36.5. The molecule has 0 aliphatic carbocycles. The quantitative estimate of drug-likeness (QED) is 0.167. The Bertz CT molecular complexity index is 725. The Labute approximate surface area is 178 Å². The van der Waals surface area contributed by atoms with Crippen LogP contribution >= 0.6 is 0 Å². The first kappa shape index (κ1) is 32.1. The minimum Gasteiger partial charge on any atom is -0.463 e. The predicted molar refractivity (Wildman–Crippen MR) is 76.5 cm³/mol. The van der Waals surface area contributed by atoms with Gasteiger partial charge in [0.05, 0.1) is 13.0 Å². The molecule has 0 saturated carbocycles. The van der Waals surface area contributed by atoms with Gasteiger partial charge in [-0.15, -0.1) is 0 Å². The number of aldehydes is 1. The van der Waals surface area contributed by atoms with Gasteiger partial charge in [-0.25, -0.2) is 4.79 Å². The van der Waals surface area contributed by atoms with Gasteiger partial charge in [0.15, 0.2) is 12.4 Å². The molecule has 0 aromatic carbocycles. The molecule has 0 aromatic heterocycles. The maximum Gasteiger partial charge on any atom is 0.460 e. The number of aliphatic hydroxyl groups is 4. The Morgan fingerprint density at radius 3 is 1.50 bits per heavy atom. The molecule has 0 saturated heterocycles. The van der Waals surface area contributed by atoms with Crippen LogP contribution in [0.3, 0.4) is 0 Å². The monoisotopic (exact) mass is 540 g/mol. The van der Waals surface area contributed by atoms with Crippen LogP contribution in [0.2, 0.25) is 0 Å². The highest BCUT2D eigenvalue weighted by molar-refractivity contribution is 5.75. The number of ether oxygens (including phenoxy) is 1. The minimum atomic E-state index is -8.10. The summed E-state index contributed by atoms with van der Waals surface area (Å²) in [7, 11) is 0. The van der Waals surface area contributed by atoms with Crippen molar-refractivity contribution in [3.8, 4) is 0 Å². The minimum absolute atomic E-state index is 0.424. The van der Waals surface area contributed by atoms with Crippen molar-refractivity contribution in [3.63, 3.8) is 0 Å². The van der Waals surface area contributed by atoms with Crippen LogP contribution in [0.25, 0.3) is 0 Å². The van der Waals surface area contributed by atoms with E-state index in [9.17, 15) is 76.9 Å². The summed E-state index contributed by atoms with van der Waals surface area (Å²) < 4.78 is 171. The summed E-state index contributed by atoms with van der Waals surface area (Å²) in [5.74, 6) is -40.5. The van der Waals surface area contributed by atoms with Crippen LogP contribution in [0.15, 0.2) is 0 Å². The van der Waals surface area contributed by atoms with Crippen molar-refractivity contribution in [2.45, 2.75) is 66.6 Å². The number of carbonyl (C=O) groups is 2. The summed E-state index contributed by atoms with van der Waals surface area (Å²) >= 11 is 0. The molecule has 0 unspecified atom stereocenters. The smallest absolute Gasteiger partial charge is 0.460 e. The molecule has 4 N–H and O–H groups in total. The van der Waals surface area contributed by atoms with Crippen molar-refractivity contribution in [2.75, 3.05) is 6.61 Å². The highest BCUT2D eigenvalue weighted by atomic mass is 19.4. The van der Waals surface area contributed by atoms with Gasteiger partial charge in [-0.2, -0.15) is 57.1 Å². The van der Waals surface area contributed by atoms with Crippen LogP contribution in [-0.2, 0) is 14.3 Å². The number of esters is 1. The van der Waals surface area contributed by atoms with Crippen molar-refractivity contribution >= 4 is 12.3 Å². The van der Waals surface area contributed by atoms with E-state index in [1.807, 2.05) is 0 Å². The normalized spacial score (nSPS) is 18.1. The predicted octanol–water partition coefficient (Wildman–Crippen LogP) is 1.30. The fourth-order valence-electron chi connectivity index (χ4n) is 1.93. The van der Waals surface area contributed by atoms with E-state index in [2.05, 4.69) is 4.74 Å². The standard InChI is InChI=1S/C14H13F13O7/c15-9(16,1-2-34-8(33)7(32)6(31)5(30)4(29)3-28)10(17,18)11(19,20)12(21,22)13(23,24)14(25,26)27/h3-7,29-32H,1-2H2/t4-,5+,6+,7-/m0/s1. The summed E-state index contributed by atoms with van der Waals surface area (Å²) in [6.07, 6.45) is -21.7. The summed E-state index contributed by atoms with van der Waals surface area (Å²) in [6.45, 7) is -2.21.